The molecule has 2 aliphatic heterocycles. The Hall–Kier alpha value is -1.77. The van der Waals surface area contributed by atoms with Crippen LogP contribution in [0.2, 0.25) is 0 Å². The third-order valence-corrected chi connectivity index (χ3v) is 5.63. The van der Waals surface area contributed by atoms with Crippen LogP contribution in [0.1, 0.15) is 5.56 Å². The molecule has 0 radical (unpaired) electrons. The minimum atomic E-state index is -4.43. The topological polar surface area (TPSA) is 66.5 Å². The van der Waals surface area contributed by atoms with Crippen molar-refractivity contribution in [3.05, 3.63) is 29.8 Å². The third-order valence-electron chi connectivity index (χ3n) is 3.91. The predicted molar refractivity (Wildman–Crippen MR) is 73.2 cm³/mol. The molecule has 9 heteroatoms. The molecule has 2 fully saturated rings. The average Bonchev–Trinajstić information content (AvgIpc) is 2.71. The first-order chi connectivity index (χ1) is 10.2. The van der Waals surface area contributed by atoms with Gasteiger partial charge in [-0.05, 0) is 24.3 Å². The highest BCUT2D eigenvalue weighted by Crippen LogP contribution is 2.32. The van der Waals surface area contributed by atoms with Gasteiger partial charge in [-0.3, -0.25) is 4.79 Å². The van der Waals surface area contributed by atoms with E-state index in [9.17, 15) is 26.4 Å². The van der Waals surface area contributed by atoms with E-state index in [-0.39, 0.29) is 24.0 Å². The van der Waals surface area contributed by atoms with Gasteiger partial charge in [0.15, 0.2) is 9.84 Å². The van der Waals surface area contributed by atoms with E-state index in [0.717, 1.165) is 12.1 Å². The highest BCUT2D eigenvalue weighted by molar-refractivity contribution is 7.91. The van der Waals surface area contributed by atoms with Crippen molar-refractivity contribution in [2.24, 2.45) is 0 Å². The lowest BCUT2D eigenvalue weighted by molar-refractivity contribution is -0.137. The summed E-state index contributed by atoms with van der Waals surface area (Å²) in [5.41, 5.74) is -0.372. The Morgan fingerprint density at radius 1 is 1.14 bits per heavy atom. The first-order valence-corrected chi connectivity index (χ1v) is 8.41. The molecule has 2 saturated heterocycles. The summed E-state index contributed by atoms with van der Waals surface area (Å²) < 4.78 is 61.2. The minimum absolute atomic E-state index is 0.0674. The van der Waals surface area contributed by atoms with E-state index in [4.69, 9.17) is 0 Å². The van der Waals surface area contributed by atoms with E-state index in [1.807, 2.05) is 0 Å². The van der Waals surface area contributed by atoms with Crippen LogP contribution >= 0.6 is 0 Å². The highest BCUT2D eigenvalue weighted by atomic mass is 32.2. The van der Waals surface area contributed by atoms with Crippen molar-refractivity contribution in [1.29, 1.82) is 0 Å². The van der Waals surface area contributed by atoms with Gasteiger partial charge >= 0.3 is 6.18 Å². The lowest BCUT2D eigenvalue weighted by atomic mass is 10.1. The molecule has 1 N–H and O–H groups in total. The van der Waals surface area contributed by atoms with Crippen LogP contribution < -0.4 is 10.2 Å². The molecular weight excluding hydrogens is 321 g/mol. The molecule has 1 aromatic carbocycles. The Balaban J connectivity index is 1.91. The summed E-state index contributed by atoms with van der Waals surface area (Å²) in [4.78, 5) is 13.3. The maximum Gasteiger partial charge on any atom is 0.416 e. The number of piperazine rings is 1. The van der Waals surface area contributed by atoms with E-state index in [1.54, 1.807) is 4.90 Å². The number of carbonyl (C=O) groups is 1. The largest absolute Gasteiger partial charge is 0.416 e. The van der Waals surface area contributed by atoms with E-state index in [0.29, 0.717) is 5.69 Å². The molecule has 2 heterocycles. The summed E-state index contributed by atoms with van der Waals surface area (Å²) in [5, 5.41) is 2.63. The zero-order chi connectivity index (χ0) is 16.1. The Kier molecular flexibility index (Phi) is 3.35. The average molecular weight is 334 g/mol. The van der Waals surface area contributed by atoms with Crippen molar-refractivity contribution in [1.82, 2.24) is 5.32 Å². The summed E-state index contributed by atoms with van der Waals surface area (Å²) >= 11 is 0. The number of nitrogens with one attached hydrogen (secondary N) is 1. The van der Waals surface area contributed by atoms with E-state index in [1.165, 1.54) is 12.1 Å². The predicted octanol–water partition coefficient (Wildman–Crippen LogP) is 0.807. The van der Waals surface area contributed by atoms with Crippen LogP contribution in [0.5, 0.6) is 0 Å². The van der Waals surface area contributed by atoms with Crippen molar-refractivity contribution >= 4 is 21.4 Å². The van der Waals surface area contributed by atoms with Gasteiger partial charge < -0.3 is 10.2 Å². The van der Waals surface area contributed by atoms with Gasteiger partial charge in [-0.1, -0.05) is 0 Å². The normalized spacial score (nSPS) is 27.4. The quantitative estimate of drug-likeness (QED) is 0.825. The number of hydrogen-bond donors (Lipinski definition) is 1. The molecule has 2 aliphatic rings. The third kappa shape index (κ3) is 2.77. The van der Waals surface area contributed by atoms with Crippen molar-refractivity contribution < 1.29 is 26.4 Å². The lowest BCUT2D eigenvalue weighted by Gasteiger charge is -2.38. The summed E-state index contributed by atoms with van der Waals surface area (Å²) in [5.74, 6) is -0.585. The molecule has 22 heavy (non-hydrogen) atoms. The van der Waals surface area contributed by atoms with Gasteiger partial charge in [0, 0.05) is 5.69 Å². The van der Waals surface area contributed by atoms with Gasteiger partial charge in [-0.2, -0.15) is 13.2 Å². The first kappa shape index (κ1) is 15.1. The van der Waals surface area contributed by atoms with Crippen LogP contribution in [0.25, 0.3) is 0 Å². The van der Waals surface area contributed by atoms with Gasteiger partial charge in [0.05, 0.1) is 35.7 Å². The number of rotatable bonds is 1. The maximum atomic E-state index is 12.6. The molecule has 0 bridgehead atoms. The molecule has 2 atom stereocenters. The van der Waals surface area contributed by atoms with Crippen LogP contribution in [0.15, 0.2) is 24.3 Å². The summed E-state index contributed by atoms with van der Waals surface area (Å²) in [6, 6.07) is 3.43. The Labute approximate surface area is 125 Å². The van der Waals surface area contributed by atoms with E-state index < -0.39 is 33.7 Å². The molecule has 0 aromatic heterocycles. The van der Waals surface area contributed by atoms with Crippen LogP contribution in [-0.4, -0.2) is 44.5 Å². The summed E-state index contributed by atoms with van der Waals surface area (Å²) in [6.45, 7) is -0.0674. The number of alkyl halides is 3. The number of anilines is 1. The summed E-state index contributed by atoms with van der Waals surface area (Å²) in [6.07, 6.45) is -4.43. The monoisotopic (exact) mass is 334 g/mol. The number of amides is 1. The second kappa shape index (κ2) is 4.87. The zero-order valence-corrected chi connectivity index (χ0v) is 12.1. The number of fused-ring (bicyclic) bond motifs is 1. The number of benzene rings is 1. The zero-order valence-electron chi connectivity index (χ0n) is 11.3. The second-order valence-electron chi connectivity index (χ2n) is 5.49. The van der Waals surface area contributed by atoms with Crippen molar-refractivity contribution in [2.45, 2.75) is 18.3 Å². The van der Waals surface area contributed by atoms with Crippen LogP contribution in [0.4, 0.5) is 18.9 Å². The van der Waals surface area contributed by atoms with Crippen LogP contribution in [0, 0.1) is 0 Å². The molecule has 120 valence electrons. The van der Waals surface area contributed by atoms with Crippen molar-refractivity contribution in [3.63, 3.8) is 0 Å². The molecule has 0 spiro atoms. The van der Waals surface area contributed by atoms with Gasteiger partial charge in [0.2, 0.25) is 5.91 Å². The first-order valence-electron chi connectivity index (χ1n) is 6.59. The van der Waals surface area contributed by atoms with Gasteiger partial charge in [0.25, 0.3) is 0 Å². The van der Waals surface area contributed by atoms with Crippen LogP contribution in [-0.2, 0) is 20.8 Å². The standard InChI is InChI=1S/C13H13F3N2O3S/c14-13(15,16)8-1-3-9(4-2-8)18-5-12(19)17-10-6-22(20,21)7-11(10)18/h1-4,10-11H,5-7H2,(H,17,19)/t10-,11-/m0/s1. The fourth-order valence-corrected chi connectivity index (χ4v) is 4.84. The fraction of sp³-hybridized carbons (Fsp3) is 0.462. The number of nitrogens with zero attached hydrogens (tertiary/aromatic N) is 1. The second-order valence-corrected chi connectivity index (χ2v) is 7.64. The smallest absolute Gasteiger partial charge is 0.356 e. The van der Waals surface area contributed by atoms with E-state index >= 15 is 0 Å². The molecule has 1 aromatic rings. The molecule has 0 saturated carbocycles. The SMILES string of the molecule is O=C1CN(c2ccc(C(F)(F)F)cc2)[C@H]2CS(=O)(=O)C[C@@H]2N1. The number of sulfone groups is 1. The van der Waals surface area contributed by atoms with Crippen molar-refractivity contribution in [3.8, 4) is 0 Å². The number of halogens is 3. The Bertz CT molecular complexity index is 700. The van der Waals surface area contributed by atoms with Gasteiger partial charge in [0.1, 0.15) is 0 Å². The molecule has 0 unspecified atom stereocenters. The fourth-order valence-electron chi connectivity index (χ4n) is 2.92. The Morgan fingerprint density at radius 2 is 1.77 bits per heavy atom. The van der Waals surface area contributed by atoms with Crippen molar-refractivity contribution in [2.75, 3.05) is 23.0 Å². The van der Waals surface area contributed by atoms with Gasteiger partial charge in [-0.25, -0.2) is 8.42 Å². The Morgan fingerprint density at radius 3 is 2.36 bits per heavy atom. The molecular formula is C13H13F3N2O3S. The maximum absolute atomic E-state index is 12.6. The number of hydrogen-bond acceptors (Lipinski definition) is 4. The molecule has 3 rings (SSSR count). The molecule has 0 aliphatic carbocycles. The highest BCUT2D eigenvalue weighted by Gasteiger charge is 2.45. The summed E-state index contributed by atoms with van der Waals surface area (Å²) in [7, 11) is -3.26. The molecule has 5 nitrogen and oxygen atoms in total. The molecule has 1 amide bonds. The minimum Gasteiger partial charge on any atom is -0.356 e. The van der Waals surface area contributed by atoms with Gasteiger partial charge in [-0.15, -0.1) is 0 Å². The van der Waals surface area contributed by atoms with E-state index in [2.05, 4.69) is 5.32 Å². The van der Waals surface area contributed by atoms with Crippen LogP contribution in [0.3, 0.4) is 0 Å². The lowest BCUT2D eigenvalue weighted by Crippen LogP contribution is -2.60. The number of carbonyl (C=O) groups excluding carboxylic acids is 1.